The lowest BCUT2D eigenvalue weighted by molar-refractivity contribution is -0.136. The highest BCUT2D eigenvalue weighted by Crippen LogP contribution is 2.14. The fraction of sp³-hybridized carbons (Fsp3) is 0.118. The van der Waals surface area contributed by atoms with Crippen molar-refractivity contribution in [2.45, 2.75) is 13.8 Å². The molecule has 0 spiro atoms. The largest absolute Gasteiger partial charge is 0.507 e. The molecule has 0 saturated carbocycles. The zero-order valence-corrected chi connectivity index (χ0v) is 12.8. The molecule has 0 aliphatic carbocycles. The van der Waals surface area contributed by atoms with Crippen molar-refractivity contribution < 1.29 is 14.7 Å². The Morgan fingerprint density at radius 2 is 1.70 bits per heavy atom. The minimum Gasteiger partial charge on any atom is -0.507 e. The molecule has 0 aliphatic rings. The van der Waals surface area contributed by atoms with Crippen LogP contribution in [0, 0.1) is 13.8 Å². The fourth-order valence-electron chi connectivity index (χ4n) is 2.04. The summed E-state index contributed by atoms with van der Waals surface area (Å²) in [5, 5.41) is 15.7. The van der Waals surface area contributed by atoms with Crippen LogP contribution in [0.15, 0.2) is 47.6 Å². The molecule has 0 heterocycles. The van der Waals surface area contributed by atoms with Crippen LogP contribution >= 0.6 is 0 Å². The topological polar surface area (TPSA) is 90.8 Å². The van der Waals surface area contributed by atoms with Crippen LogP contribution in [-0.2, 0) is 9.59 Å². The van der Waals surface area contributed by atoms with E-state index in [4.69, 9.17) is 0 Å². The molecule has 0 saturated heterocycles. The molecule has 2 aromatic rings. The maximum Gasteiger partial charge on any atom is 0.329 e. The number of carbonyl (C=O) groups is 2. The molecule has 0 aliphatic heterocycles. The van der Waals surface area contributed by atoms with Gasteiger partial charge in [-0.2, -0.15) is 5.10 Å². The van der Waals surface area contributed by atoms with Crippen LogP contribution in [0.2, 0.25) is 0 Å². The molecular weight excluding hydrogens is 294 g/mol. The summed E-state index contributed by atoms with van der Waals surface area (Å²) in [7, 11) is 0. The number of aryl methyl sites for hydroxylation is 2. The molecule has 3 N–H and O–H groups in total. The number of hydrogen-bond acceptors (Lipinski definition) is 4. The van der Waals surface area contributed by atoms with Gasteiger partial charge in [0.15, 0.2) is 0 Å². The third-order valence-electron chi connectivity index (χ3n) is 2.99. The van der Waals surface area contributed by atoms with Crippen molar-refractivity contribution in [1.82, 2.24) is 5.43 Å². The Hall–Kier alpha value is -3.15. The number of benzene rings is 2. The molecule has 23 heavy (non-hydrogen) atoms. The lowest BCUT2D eigenvalue weighted by atomic mass is 10.1. The Kier molecular flexibility index (Phi) is 5.09. The van der Waals surface area contributed by atoms with Gasteiger partial charge in [-0.15, -0.1) is 0 Å². The van der Waals surface area contributed by atoms with E-state index in [1.165, 1.54) is 12.3 Å². The zero-order chi connectivity index (χ0) is 16.8. The number of amides is 2. The highest BCUT2D eigenvalue weighted by atomic mass is 16.3. The van der Waals surface area contributed by atoms with Crippen LogP contribution in [0.3, 0.4) is 0 Å². The number of rotatable bonds is 3. The number of para-hydroxylation sites is 1. The quantitative estimate of drug-likeness (QED) is 0.460. The minimum atomic E-state index is -0.893. The minimum absolute atomic E-state index is 0.0326. The van der Waals surface area contributed by atoms with E-state index in [9.17, 15) is 14.7 Å². The summed E-state index contributed by atoms with van der Waals surface area (Å²) in [6, 6.07) is 12.0. The number of hydrazone groups is 1. The van der Waals surface area contributed by atoms with Gasteiger partial charge in [-0.3, -0.25) is 9.59 Å². The Balaban J connectivity index is 1.95. The number of nitrogens with one attached hydrogen (secondary N) is 2. The van der Waals surface area contributed by atoms with Gasteiger partial charge in [0.05, 0.1) is 6.21 Å². The van der Waals surface area contributed by atoms with Crippen molar-refractivity contribution >= 4 is 23.7 Å². The van der Waals surface area contributed by atoms with Gasteiger partial charge in [-0.05, 0) is 49.2 Å². The first kappa shape index (κ1) is 16.2. The van der Waals surface area contributed by atoms with E-state index in [0.717, 1.165) is 11.1 Å². The fourth-order valence-corrected chi connectivity index (χ4v) is 2.04. The summed E-state index contributed by atoms with van der Waals surface area (Å²) in [4.78, 5) is 23.5. The first-order valence-corrected chi connectivity index (χ1v) is 6.96. The predicted molar refractivity (Wildman–Crippen MR) is 88.4 cm³/mol. The summed E-state index contributed by atoms with van der Waals surface area (Å²) >= 11 is 0. The average molecular weight is 311 g/mol. The Morgan fingerprint density at radius 1 is 1.04 bits per heavy atom. The van der Waals surface area contributed by atoms with Gasteiger partial charge in [-0.1, -0.05) is 18.2 Å². The zero-order valence-electron chi connectivity index (χ0n) is 12.8. The Morgan fingerprint density at radius 3 is 2.35 bits per heavy atom. The third kappa shape index (κ3) is 4.67. The lowest BCUT2D eigenvalue weighted by Crippen LogP contribution is -2.32. The number of phenolic OH excluding ortho intramolecular Hbond substituents is 1. The van der Waals surface area contributed by atoms with Gasteiger partial charge in [0.25, 0.3) is 0 Å². The SMILES string of the molecule is Cc1cc(C)cc(NC(=O)C(=O)N/N=C\c2ccccc2O)c1. The van der Waals surface area contributed by atoms with Crippen molar-refractivity contribution in [1.29, 1.82) is 0 Å². The number of carbonyl (C=O) groups excluding carboxylic acids is 2. The predicted octanol–water partition coefficient (Wildman–Crippen LogP) is 2.10. The van der Waals surface area contributed by atoms with Crippen LogP contribution in [0.1, 0.15) is 16.7 Å². The van der Waals surface area contributed by atoms with Crippen LogP contribution < -0.4 is 10.7 Å². The van der Waals surface area contributed by atoms with Gasteiger partial charge < -0.3 is 10.4 Å². The standard InChI is InChI=1S/C17H17N3O3/c1-11-7-12(2)9-14(8-11)19-16(22)17(23)20-18-10-13-5-3-4-6-15(13)21/h3-10,21H,1-2H3,(H,19,22)(H,20,23)/b18-10-. The second-order valence-corrected chi connectivity index (χ2v) is 5.09. The lowest BCUT2D eigenvalue weighted by Gasteiger charge is -2.06. The van der Waals surface area contributed by atoms with Gasteiger partial charge in [0.2, 0.25) is 0 Å². The molecule has 0 bridgehead atoms. The van der Waals surface area contributed by atoms with E-state index in [-0.39, 0.29) is 5.75 Å². The van der Waals surface area contributed by atoms with E-state index in [1.807, 2.05) is 19.9 Å². The first-order chi connectivity index (χ1) is 11.0. The molecule has 6 nitrogen and oxygen atoms in total. The van der Waals surface area contributed by atoms with Crippen LogP contribution in [-0.4, -0.2) is 23.1 Å². The summed E-state index contributed by atoms with van der Waals surface area (Å²) < 4.78 is 0. The van der Waals surface area contributed by atoms with Gasteiger partial charge in [0.1, 0.15) is 5.75 Å². The molecule has 0 radical (unpaired) electrons. The van der Waals surface area contributed by atoms with E-state index < -0.39 is 11.8 Å². The number of phenols is 1. The third-order valence-corrected chi connectivity index (χ3v) is 2.99. The highest BCUT2D eigenvalue weighted by Gasteiger charge is 2.13. The molecule has 118 valence electrons. The molecular formula is C17H17N3O3. The monoisotopic (exact) mass is 311 g/mol. The van der Waals surface area contributed by atoms with Gasteiger partial charge in [0, 0.05) is 11.3 Å². The molecule has 2 aromatic carbocycles. The number of nitrogens with zero attached hydrogens (tertiary/aromatic N) is 1. The molecule has 6 heteroatoms. The molecule has 0 atom stereocenters. The van der Waals surface area contributed by atoms with E-state index in [2.05, 4.69) is 15.8 Å². The summed E-state index contributed by atoms with van der Waals surface area (Å²) in [6.45, 7) is 3.80. The van der Waals surface area contributed by atoms with Crippen molar-refractivity contribution in [2.75, 3.05) is 5.32 Å². The van der Waals surface area contributed by atoms with Crippen molar-refractivity contribution in [3.05, 3.63) is 59.2 Å². The maximum atomic E-state index is 11.8. The van der Waals surface area contributed by atoms with Crippen molar-refractivity contribution in [2.24, 2.45) is 5.10 Å². The van der Waals surface area contributed by atoms with E-state index >= 15 is 0 Å². The number of hydrogen-bond donors (Lipinski definition) is 3. The van der Waals surface area contributed by atoms with Crippen molar-refractivity contribution in [3.63, 3.8) is 0 Å². The second kappa shape index (κ2) is 7.22. The molecule has 0 aromatic heterocycles. The molecule has 2 amide bonds. The number of aromatic hydroxyl groups is 1. The molecule has 2 rings (SSSR count). The average Bonchev–Trinajstić information content (AvgIpc) is 2.48. The van der Waals surface area contributed by atoms with Crippen LogP contribution in [0.5, 0.6) is 5.75 Å². The smallest absolute Gasteiger partial charge is 0.329 e. The first-order valence-electron chi connectivity index (χ1n) is 6.96. The van der Waals surface area contributed by atoms with Gasteiger partial charge in [-0.25, -0.2) is 5.43 Å². The Labute approximate surface area is 133 Å². The van der Waals surface area contributed by atoms with Crippen LogP contribution in [0.4, 0.5) is 5.69 Å². The van der Waals surface area contributed by atoms with E-state index in [0.29, 0.717) is 11.3 Å². The maximum absolute atomic E-state index is 11.8. The second-order valence-electron chi connectivity index (χ2n) is 5.09. The highest BCUT2D eigenvalue weighted by molar-refractivity contribution is 6.39. The van der Waals surface area contributed by atoms with Crippen molar-refractivity contribution in [3.8, 4) is 5.75 Å². The van der Waals surface area contributed by atoms with E-state index in [1.54, 1.807) is 30.3 Å². The molecule has 0 unspecified atom stereocenters. The molecule has 0 fully saturated rings. The van der Waals surface area contributed by atoms with Gasteiger partial charge >= 0.3 is 11.8 Å². The number of anilines is 1. The normalized spacial score (nSPS) is 10.5. The summed E-state index contributed by atoms with van der Waals surface area (Å²) in [5.41, 5.74) is 5.07. The Bertz CT molecular complexity index is 749. The van der Waals surface area contributed by atoms with Crippen LogP contribution in [0.25, 0.3) is 0 Å². The summed E-state index contributed by atoms with van der Waals surface area (Å²) in [5.74, 6) is -1.68. The summed E-state index contributed by atoms with van der Waals surface area (Å²) in [6.07, 6.45) is 1.26.